The van der Waals surface area contributed by atoms with Crippen molar-refractivity contribution in [3.05, 3.63) is 64.0 Å². The molecule has 1 aliphatic heterocycles. The number of carboxylic acid groups (broad SMARTS) is 2. The van der Waals surface area contributed by atoms with E-state index in [-0.39, 0.29) is 34.1 Å². The summed E-state index contributed by atoms with van der Waals surface area (Å²) in [5, 5.41) is 18.5. The Morgan fingerprint density at radius 1 is 1.18 bits per heavy atom. The fourth-order valence-corrected chi connectivity index (χ4v) is 8.17. The largest absolute Gasteiger partial charge is 0.490 e. The summed E-state index contributed by atoms with van der Waals surface area (Å²) >= 11 is 7.29. The van der Waals surface area contributed by atoms with Gasteiger partial charge in [0.15, 0.2) is 17.2 Å². The molecule has 1 saturated heterocycles. The average Bonchev–Trinajstić information content (AvgIpc) is 3.18. The maximum atomic E-state index is 13.3. The van der Waals surface area contributed by atoms with Gasteiger partial charge in [-0.2, -0.15) is 4.31 Å². The normalized spacial score (nSPS) is 17.3. The zero-order valence-electron chi connectivity index (χ0n) is 21.8. The van der Waals surface area contributed by atoms with Crippen molar-refractivity contribution in [3.63, 3.8) is 0 Å². The Kier molecular flexibility index (Phi) is 8.64. The number of nitrogen functional groups attached to an aromatic ring is 1. The van der Waals surface area contributed by atoms with Crippen LogP contribution in [0.25, 0.3) is 10.4 Å². The van der Waals surface area contributed by atoms with Crippen LogP contribution in [0.5, 0.6) is 11.5 Å². The standard InChI is InChI=1S/C27H29ClN2O8S2/c1-27(2)13-20(9-10-30(27)40(35,36)15-16-5-3-7-18(29)11-16)38-19-8-4-6-17(12-19)24-22(28)23(37-14-21(31)32)25(39-24)26(33)34/h3-8,11-12,20H,9-10,13-15,29H2,1-2H3,(H,31,32)(H,33,34)/t20-/m0/s1. The molecule has 0 amide bonds. The van der Waals surface area contributed by atoms with E-state index in [9.17, 15) is 23.1 Å². The molecular formula is C27H29ClN2O8S2. The van der Waals surface area contributed by atoms with Gasteiger partial charge in [-0.1, -0.05) is 35.9 Å². The lowest BCUT2D eigenvalue weighted by Gasteiger charge is -2.44. The van der Waals surface area contributed by atoms with Crippen molar-refractivity contribution >= 4 is 50.6 Å². The number of sulfonamides is 1. The van der Waals surface area contributed by atoms with Crippen molar-refractivity contribution < 1.29 is 37.7 Å². The van der Waals surface area contributed by atoms with Gasteiger partial charge in [0.1, 0.15) is 16.9 Å². The smallest absolute Gasteiger partial charge is 0.349 e. The van der Waals surface area contributed by atoms with Crippen LogP contribution in [0.1, 0.15) is 41.9 Å². The monoisotopic (exact) mass is 608 g/mol. The summed E-state index contributed by atoms with van der Waals surface area (Å²) in [5.41, 5.74) is 6.82. The maximum absolute atomic E-state index is 13.3. The molecule has 1 aromatic heterocycles. The van der Waals surface area contributed by atoms with Crippen LogP contribution in [-0.4, -0.2) is 59.7 Å². The van der Waals surface area contributed by atoms with Crippen LogP contribution < -0.4 is 15.2 Å². The molecule has 1 aliphatic rings. The van der Waals surface area contributed by atoms with E-state index in [2.05, 4.69) is 0 Å². The number of piperidine rings is 1. The molecule has 0 bridgehead atoms. The number of carbonyl (C=O) groups is 2. The third kappa shape index (κ3) is 6.69. The second-order valence-electron chi connectivity index (χ2n) is 10.0. The fourth-order valence-electron chi connectivity index (χ4n) is 4.80. The Morgan fingerprint density at radius 2 is 1.90 bits per heavy atom. The van der Waals surface area contributed by atoms with Gasteiger partial charge in [0, 0.05) is 24.2 Å². The van der Waals surface area contributed by atoms with Crippen molar-refractivity contribution in [1.82, 2.24) is 4.31 Å². The molecule has 13 heteroatoms. The minimum absolute atomic E-state index is 0.000575. The van der Waals surface area contributed by atoms with Gasteiger partial charge in [0.25, 0.3) is 0 Å². The molecule has 0 saturated carbocycles. The molecule has 2 aromatic carbocycles. The zero-order valence-corrected chi connectivity index (χ0v) is 24.2. The predicted octanol–water partition coefficient (Wildman–Crippen LogP) is 4.96. The molecule has 0 radical (unpaired) electrons. The number of anilines is 1. The number of halogens is 1. The highest BCUT2D eigenvalue weighted by Gasteiger charge is 2.42. The Labute approximate surface area is 240 Å². The van der Waals surface area contributed by atoms with E-state index in [1.807, 2.05) is 13.8 Å². The summed E-state index contributed by atoms with van der Waals surface area (Å²) in [4.78, 5) is 22.8. The van der Waals surface area contributed by atoms with Gasteiger partial charge in [-0.05, 0) is 55.7 Å². The Balaban J connectivity index is 1.50. The fraction of sp³-hybridized carbons (Fsp3) is 0.333. The second kappa shape index (κ2) is 11.7. The van der Waals surface area contributed by atoms with E-state index in [0.29, 0.717) is 40.3 Å². The lowest BCUT2D eigenvalue weighted by molar-refractivity contribution is -0.139. The molecular weight excluding hydrogens is 580 g/mol. The first-order valence-corrected chi connectivity index (χ1v) is 15.1. The molecule has 2 heterocycles. The number of thiophene rings is 1. The Bertz CT molecular complexity index is 1540. The van der Waals surface area contributed by atoms with Gasteiger partial charge in [0.05, 0.1) is 10.6 Å². The number of hydrogen-bond donors (Lipinski definition) is 3. The van der Waals surface area contributed by atoms with Crippen molar-refractivity contribution in [2.75, 3.05) is 18.9 Å². The summed E-state index contributed by atoms with van der Waals surface area (Å²) < 4.78 is 39.5. The summed E-state index contributed by atoms with van der Waals surface area (Å²) in [6.07, 6.45) is 0.649. The first-order chi connectivity index (χ1) is 18.8. The number of ether oxygens (including phenoxy) is 2. The van der Waals surface area contributed by atoms with Gasteiger partial charge in [-0.15, -0.1) is 11.3 Å². The zero-order chi connectivity index (χ0) is 29.2. The van der Waals surface area contributed by atoms with Gasteiger partial charge >= 0.3 is 11.9 Å². The van der Waals surface area contributed by atoms with E-state index in [1.54, 1.807) is 48.5 Å². The van der Waals surface area contributed by atoms with Crippen molar-refractivity contribution in [2.24, 2.45) is 0 Å². The van der Waals surface area contributed by atoms with Crippen molar-refractivity contribution in [1.29, 1.82) is 0 Å². The highest BCUT2D eigenvalue weighted by Crippen LogP contribution is 2.46. The van der Waals surface area contributed by atoms with Crippen LogP contribution >= 0.6 is 22.9 Å². The number of nitrogens with two attached hydrogens (primary N) is 1. The van der Waals surface area contributed by atoms with Gasteiger partial charge in [0.2, 0.25) is 10.0 Å². The Morgan fingerprint density at radius 3 is 2.55 bits per heavy atom. The summed E-state index contributed by atoms with van der Waals surface area (Å²) in [6, 6.07) is 13.8. The number of benzene rings is 2. The van der Waals surface area contributed by atoms with Crippen LogP contribution in [-0.2, 0) is 20.6 Å². The minimum atomic E-state index is -3.61. The van der Waals surface area contributed by atoms with Gasteiger partial charge < -0.3 is 25.4 Å². The molecule has 0 unspecified atom stereocenters. The van der Waals surface area contributed by atoms with Crippen LogP contribution in [0.4, 0.5) is 5.69 Å². The van der Waals surface area contributed by atoms with E-state index in [1.165, 1.54) is 4.31 Å². The first kappa shape index (κ1) is 29.7. The van der Waals surface area contributed by atoms with E-state index in [0.717, 1.165) is 11.3 Å². The SMILES string of the molecule is CC1(C)C[C@@H](Oc2cccc(-c3sc(C(=O)O)c(OCC(=O)O)c3Cl)c2)CCN1S(=O)(=O)Cc1cccc(N)c1. The molecule has 40 heavy (non-hydrogen) atoms. The van der Waals surface area contributed by atoms with Crippen molar-refractivity contribution in [2.45, 2.75) is 44.1 Å². The third-order valence-corrected chi connectivity index (χ3v) is 10.2. The van der Waals surface area contributed by atoms with Gasteiger partial charge in [-0.3, -0.25) is 0 Å². The molecule has 1 fully saturated rings. The van der Waals surface area contributed by atoms with Crippen LogP contribution in [0, 0.1) is 0 Å². The summed E-state index contributed by atoms with van der Waals surface area (Å²) in [5.74, 6) is -2.39. The average molecular weight is 609 g/mol. The number of rotatable bonds is 10. The van der Waals surface area contributed by atoms with Gasteiger partial charge in [-0.25, -0.2) is 18.0 Å². The summed E-state index contributed by atoms with van der Waals surface area (Å²) in [6.45, 7) is 3.29. The Hall–Kier alpha value is -3.32. The highest BCUT2D eigenvalue weighted by atomic mass is 35.5. The molecule has 10 nitrogen and oxygen atoms in total. The lowest BCUT2D eigenvalue weighted by atomic mass is 9.91. The van der Waals surface area contributed by atoms with Crippen LogP contribution in [0.2, 0.25) is 5.02 Å². The maximum Gasteiger partial charge on any atom is 0.349 e. The number of hydrogen-bond acceptors (Lipinski definition) is 8. The molecule has 214 valence electrons. The molecule has 0 aliphatic carbocycles. The number of nitrogens with zero attached hydrogens (tertiary/aromatic N) is 1. The number of carboxylic acids is 2. The molecule has 3 aromatic rings. The van der Waals surface area contributed by atoms with E-state index in [4.69, 9.17) is 31.9 Å². The number of aliphatic carboxylic acids is 1. The quantitative estimate of drug-likeness (QED) is 0.270. The minimum Gasteiger partial charge on any atom is -0.490 e. The molecule has 4 N–H and O–H groups in total. The molecule has 0 spiro atoms. The first-order valence-electron chi connectivity index (χ1n) is 12.3. The van der Waals surface area contributed by atoms with E-state index >= 15 is 0 Å². The number of aromatic carboxylic acids is 1. The summed E-state index contributed by atoms with van der Waals surface area (Å²) in [7, 11) is -3.61. The van der Waals surface area contributed by atoms with Crippen LogP contribution in [0.15, 0.2) is 48.5 Å². The predicted molar refractivity (Wildman–Crippen MR) is 153 cm³/mol. The van der Waals surface area contributed by atoms with Crippen LogP contribution in [0.3, 0.4) is 0 Å². The van der Waals surface area contributed by atoms with E-state index < -0.39 is 34.1 Å². The second-order valence-corrected chi connectivity index (χ2v) is 13.3. The lowest BCUT2D eigenvalue weighted by Crippen LogP contribution is -2.55. The topological polar surface area (TPSA) is 156 Å². The molecule has 1 atom stereocenters. The third-order valence-electron chi connectivity index (χ3n) is 6.43. The highest BCUT2D eigenvalue weighted by molar-refractivity contribution is 7.88. The molecule has 4 rings (SSSR count). The van der Waals surface area contributed by atoms with Crippen molar-refractivity contribution in [3.8, 4) is 21.9 Å².